The van der Waals surface area contributed by atoms with Crippen LogP contribution in [-0.4, -0.2) is 26.9 Å². The fourth-order valence-electron chi connectivity index (χ4n) is 3.07. The number of thioether (sulfide) groups is 1. The van der Waals surface area contributed by atoms with Crippen LogP contribution in [0.3, 0.4) is 0 Å². The third-order valence-corrected chi connectivity index (χ3v) is 5.67. The number of nitro groups is 1. The van der Waals surface area contributed by atoms with Crippen molar-refractivity contribution in [3.63, 3.8) is 0 Å². The summed E-state index contributed by atoms with van der Waals surface area (Å²) in [6.45, 7) is 0.0222. The first-order chi connectivity index (χ1) is 15.9. The summed E-state index contributed by atoms with van der Waals surface area (Å²) in [5.41, 5.74) is 1.64. The van der Waals surface area contributed by atoms with Crippen molar-refractivity contribution in [2.45, 2.75) is 6.54 Å². The monoisotopic (exact) mass is 460 g/mol. The van der Waals surface area contributed by atoms with Gasteiger partial charge in [0, 0.05) is 12.1 Å². The van der Waals surface area contributed by atoms with Crippen molar-refractivity contribution in [3.8, 4) is 5.75 Å². The highest BCUT2D eigenvalue weighted by Crippen LogP contribution is 2.33. The van der Waals surface area contributed by atoms with E-state index in [9.17, 15) is 24.5 Å². The minimum atomic E-state index is -0.513. The van der Waals surface area contributed by atoms with Gasteiger partial charge in [0.05, 0.1) is 21.9 Å². The Kier molecular flexibility index (Phi) is 6.32. The van der Waals surface area contributed by atoms with Crippen LogP contribution in [0.4, 0.5) is 10.5 Å². The van der Waals surface area contributed by atoms with Crippen molar-refractivity contribution < 1.29 is 24.0 Å². The van der Waals surface area contributed by atoms with Crippen molar-refractivity contribution in [1.29, 1.82) is 0 Å². The summed E-state index contributed by atoms with van der Waals surface area (Å²) >= 11 is 0.821. The van der Waals surface area contributed by atoms with Crippen LogP contribution < -0.4 is 4.74 Å². The van der Waals surface area contributed by atoms with E-state index >= 15 is 0 Å². The van der Waals surface area contributed by atoms with E-state index in [-0.39, 0.29) is 17.1 Å². The van der Waals surface area contributed by atoms with E-state index in [1.54, 1.807) is 60.7 Å². The molecule has 9 heteroatoms. The Balaban J connectivity index is 1.42. The van der Waals surface area contributed by atoms with Gasteiger partial charge in [0.1, 0.15) is 5.75 Å². The van der Waals surface area contributed by atoms with Gasteiger partial charge in [0.25, 0.3) is 16.8 Å². The summed E-state index contributed by atoms with van der Waals surface area (Å²) in [6.07, 6.45) is 1.59. The zero-order chi connectivity index (χ0) is 23.4. The molecular weight excluding hydrogens is 444 g/mol. The Bertz CT molecular complexity index is 1250. The van der Waals surface area contributed by atoms with Gasteiger partial charge >= 0.3 is 5.97 Å². The smallest absolute Gasteiger partial charge is 0.343 e. The third-order valence-electron chi connectivity index (χ3n) is 4.76. The molecule has 1 aliphatic heterocycles. The number of imide groups is 1. The zero-order valence-electron chi connectivity index (χ0n) is 17.0. The number of benzene rings is 3. The summed E-state index contributed by atoms with van der Waals surface area (Å²) in [6, 6.07) is 20.9. The number of amides is 2. The van der Waals surface area contributed by atoms with Crippen LogP contribution in [-0.2, 0) is 11.3 Å². The van der Waals surface area contributed by atoms with E-state index in [0.717, 1.165) is 16.7 Å². The zero-order valence-corrected chi connectivity index (χ0v) is 17.9. The topological polar surface area (TPSA) is 107 Å². The summed E-state index contributed by atoms with van der Waals surface area (Å²) < 4.78 is 5.33. The number of hydrogen-bond acceptors (Lipinski definition) is 7. The first-order valence-corrected chi connectivity index (χ1v) is 10.6. The molecular formula is C24H16N2O6S. The Labute approximate surface area is 192 Å². The minimum Gasteiger partial charge on any atom is -0.423 e. The average Bonchev–Trinajstić information content (AvgIpc) is 3.08. The molecule has 1 heterocycles. The molecule has 33 heavy (non-hydrogen) atoms. The molecule has 0 spiro atoms. The van der Waals surface area contributed by atoms with Crippen LogP contribution in [0.15, 0.2) is 83.8 Å². The van der Waals surface area contributed by atoms with E-state index in [2.05, 4.69) is 0 Å². The number of ether oxygens (including phenoxy) is 1. The number of carbonyl (C=O) groups excluding carboxylic acids is 3. The first-order valence-electron chi connectivity index (χ1n) is 9.77. The summed E-state index contributed by atoms with van der Waals surface area (Å²) in [5.74, 6) is -0.564. The molecule has 0 unspecified atom stereocenters. The molecule has 3 aromatic carbocycles. The summed E-state index contributed by atoms with van der Waals surface area (Å²) in [4.78, 5) is 48.8. The molecule has 0 bridgehead atoms. The minimum absolute atomic E-state index is 0.0222. The number of non-ortho nitro benzene ring substituents is 1. The Hall–Kier alpha value is -4.24. The van der Waals surface area contributed by atoms with E-state index in [0.29, 0.717) is 22.4 Å². The molecule has 1 aliphatic rings. The van der Waals surface area contributed by atoms with Gasteiger partial charge in [-0.25, -0.2) is 4.79 Å². The summed E-state index contributed by atoms with van der Waals surface area (Å²) in [5, 5.41) is 10.3. The molecule has 4 rings (SSSR count). The summed E-state index contributed by atoms with van der Waals surface area (Å²) in [7, 11) is 0. The average molecular weight is 460 g/mol. The molecule has 0 radical (unpaired) electrons. The molecule has 0 aromatic heterocycles. The van der Waals surface area contributed by atoms with Crippen LogP contribution in [0.1, 0.15) is 21.5 Å². The van der Waals surface area contributed by atoms with E-state index in [4.69, 9.17) is 4.74 Å². The van der Waals surface area contributed by atoms with Crippen molar-refractivity contribution >= 4 is 40.6 Å². The van der Waals surface area contributed by atoms with Gasteiger partial charge in [-0.3, -0.25) is 24.6 Å². The van der Waals surface area contributed by atoms with E-state index < -0.39 is 22.0 Å². The fourth-order valence-corrected chi connectivity index (χ4v) is 3.90. The van der Waals surface area contributed by atoms with Gasteiger partial charge in [-0.1, -0.05) is 42.5 Å². The molecule has 0 saturated carbocycles. The van der Waals surface area contributed by atoms with Crippen LogP contribution in [0, 0.1) is 10.1 Å². The lowest BCUT2D eigenvalue weighted by Gasteiger charge is -2.12. The maximum atomic E-state index is 12.7. The van der Waals surface area contributed by atoms with Crippen molar-refractivity contribution in [2.24, 2.45) is 0 Å². The predicted octanol–water partition coefficient (Wildman–Crippen LogP) is 5.05. The molecule has 8 nitrogen and oxygen atoms in total. The second-order valence-electron chi connectivity index (χ2n) is 7.02. The number of hydrogen-bond donors (Lipinski definition) is 0. The lowest BCUT2D eigenvalue weighted by atomic mass is 10.2. The molecule has 0 aliphatic carbocycles. The van der Waals surface area contributed by atoms with Crippen molar-refractivity contribution in [3.05, 3.63) is 111 Å². The lowest BCUT2D eigenvalue weighted by molar-refractivity contribution is -0.384. The van der Waals surface area contributed by atoms with Gasteiger partial charge in [0.15, 0.2) is 0 Å². The number of esters is 1. The first kappa shape index (κ1) is 22.0. The highest BCUT2D eigenvalue weighted by Gasteiger charge is 2.35. The molecule has 0 N–H and O–H groups in total. The molecule has 2 amide bonds. The standard InChI is InChI=1S/C24H16N2O6S/c27-22-21(33-24(29)25(22)15-17-6-10-19(11-7-17)26(30)31)14-16-8-12-20(13-9-16)32-23(28)18-4-2-1-3-5-18/h1-14H,15H2/b21-14-. The molecule has 0 atom stereocenters. The Morgan fingerprint density at radius 1 is 0.970 bits per heavy atom. The fraction of sp³-hybridized carbons (Fsp3) is 0.0417. The third kappa shape index (κ3) is 5.16. The quantitative estimate of drug-likeness (QED) is 0.167. The molecule has 1 saturated heterocycles. The van der Waals surface area contributed by atoms with Crippen LogP contribution in [0.25, 0.3) is 6.08 Å². The van der Waals surface area contributed by atoms with Gasteiger partial charge < -0.3 is 4.74 Å². The second-order valence-corrected chi connectivity index (χ2v) is 8.01. The van der Waals surface area contributed by atoms with E-state index in [1.807, 2.05) is 0 Å². The highest BCUT2D eigenvalue weighted by atomic mass is 32.2. The highest BCUT2D eigenvalue weighted by molar-refractivity contribution is 8.18. The SMILES string of the molecule is O=C(Oc1ccc(/C=C2\SC(=O)N(Cc3ccc([N+](=O)[O-])cc3)C2=O)cc1)c1ccccc1. The molecule has 164 valence electrons. The normalized spacial score (nSPS) is 14.5. The lowest BCUT2D eigenvalue weighted by Crippen LogP contribution is -2.27. The number of nitrogens with zero attached hydrogens (tertiary/aromatic N) is 2. The van der Waals surface area contributed by atoms with Crippen LogP contribution >= 0.6 is 11.8 Å². The maximum absolute atomic E-state index is 12.7. The Morgan fingerprint density at radius 3 is 2.27 bits per heavy atom. The van der Waals surface area contributed by atoms with Gasteiger partial charge in [-0.05, 0) is 53.2 Å². The van der Waals surface area contributed by atoms with Crippen molar-refractivity contribution in [1.82, 2.24) is 4.90 Å². The van der Waals surface area contributed by atoms with E-state index in [1.165, 1.54) is 24.3 Å². The molecule has 1 fully saturated rings. The van der Waals surface area contributed by atoms with Gasteiger partial charge in [0.2, 0.25) is 0 Å². The van der Waals surface area contributed by atoms with Gasteiger partial charge in [-0.2, -0.15) is 0 Å². The van der Waals surface area contributed by atoms with Crippen LogP contribution in [0.5, 0.6) is 5.75 Å². The number of carbonyl (C=O) groups is 3. The predicted molar refractivity (Wildman–Crippen MR) is 122 cm³/mol. The number of nitro benzene ring substituents is 1. The maximum Gasteiger partial charge on any atom is 0.343 e. The van der Waals surface area contributed by atoms with Gasteiger partial charge in [-0.15, -0.1) is 0 Å². The second kappa shape index (κ2) is 9.49. The van der Waals surface area contributed by atoms with Crippen LogP contribution in [0.2, 0.25) is 0 Å². The largest absolute Gasteiger partial charge is 0.423 e. The number of rotatable bonds is 6. The van der Waals surface area contributed by atoms with Crippen molar-refractivity contribution in [2.75, 3.05) is 0 Å². The Morgan fingerprint density at radius 2 is 1.64 bits per heavy atom. The molecule has 3 aromatic rings.